The molecule has 0 saturated heterocycles. The number of fused-ring (bicyclic) bond motifs is 6. The predicted molar refractivity (Wildman–Crippen MR) is 134 cm³/mol. The first-order valence-electron chi connectivity index (χ1n) is 12.6. The molecule has 4 heteroatoms. The summed E-state index contributed by atoms with van der Waals surface area (Å²) in [7, 11) is 0. The van der Waals surface area contributed by atoms with E-state index in [1.807, 2.05) is 13.2 Å². The van der Waals surface area contributed by atoms with Gasteiger partial charge in [-0.2, -0.15) is 0 Å². The minimum Gasteiger partial charge on any atom is -0.504 e. The van der Waals surface area contributed by atoms with Gasteiger partial charge in [0.2, 0.25) is 0 Å². The van der Waals surface area contributed by atoms with Crippen molar-refractivity contribution in [3.63, 3.8) is 0 Å². The topological polar surface area (TPSA) is 51.8 Å². The highest BCUT2D eigenvalue weighted by Crippen LogP contribution is 2.62. The normalized spacial score (nSPS) is 26.8. The Morgan fingerprint density at radius 3 is 2.68 bits per heavy atom. The number of allylic oxidation sites excluding steroid dienone is 2. The summed E-state index contributed by atoms with van der Waals surface area (Å²) >= 11 is 0. The predicted octanol–water partition coefficient (Wildman–Crippen LogP) is 7.62. The van der Waals surface area contributed by atoms with Crippen molar-refractivity contribution in [3.8, 4) is 17.2 Å². The van der Waals surface area contributed by atoms with E-state index in [0.29, 0.717) is 11.7 Å². The smallest absolute Gasteiger partial charge is 0.176 e. The van der Waals surface area contributed by atoms with Gasteiger partial charge >= 0.3 is 0 Å². The van der Waals surface area contributed by atoms with Gasteiger partial charge in [0, 0.05) is 28.0 Å². The van der Waals surface area contributed by atoms with Gasteiger partial charge in [0.05, 0.1) is 6.26 Å². The molecule has 2 aromatic carbocycles. The van der Waals surface area contributed by atoms with E-state index in [4.69, 9.17) is 13.9 Å². The number of phenols is 1. The Kier molecular flexibility index (Phi) is 4.65. The molecule has 1 N–H and O–H groups in total. The van der Waals surface area contributed by atoms with Crippen LogP contribution in [0.4, 0.5) is 0 Å². The number of phenolic OH excluding ortho intramolecular Hbond substituents is 1. The average molecular weight is 459 g/mol. The minimum atomic E-state index is -0.683. The summed E-state index contributed by atoms with van der Waals surface area (Å²) in [6, 6.07) is 2.18. The molecule has 6 rings (SSSR count). The monoisotopic (exact) mass is 458 g/mol. The van der Waals surface area contributed by atoms with Gasteiger partial charge in [-0.3, -0.25) is 0 Å². The molecule has 0 fully saturated rings. The van der Waals surface area contributed by atoms with Crippen LogP contribution in [0, 0.1) is 20.8 Å². The number of ether oxygens (including phenoxy) is 2. The van der Waals surface area contributed by atoms with Crippen LogP contribution in [0.2, 0.25) is 0 Å². The molecule has 1 aromatic heterocycles. The first-order valence-corrected chi connectivity index (χ1v) is 12.6. The second-order valence-corrected chi connectivity index (χ2v) is 10.7. The quantitative estimate of drug-likeness (QED) is 0.410. The van der Waals surface area contributed by atoms with Gasteiger partial charge in [0.1, 0.15) is 6.10 Å². The molecule has 3 aliphatic rings. The third-order valence-corrected chi connectivity index (χ3v) is 8.65. The van der Waals surface area contributed by atoms with Crippen LogP contribution >= 0.6 is 0 Å². The van der Waals surface area contributed by atoms with Crippen LogP contribution in [0.5, 0.6) is 17.2 Å². The zero-order valence-corrected chi connectivity index (χ0v) is 21.0. The third-order valence-electron chi connectivity index (χ3n) is 8.65. The van der Waals surface area contributed by atoms with Crippen LogP contribution in [0.25, 0.3) is 11.0 Å². The van der Waals surface area contributed by atoms with E-state index in [9.17, 15) is 5.11 Å². The Balaban J connectivity index is 1.56. The number of hydrogen-bond donors (Lipinski definition) is 1. The third kappa shape index (κ3) is 2.66. The SMILES string of the molecule is CC=CCCc1c(C)cc2c(c1O)O[C@@H]1[C@@H]3CC[C@H](C)c4c3c(c3occ(C)c3c4C)O[C@]21C. The maximum atomic E-state index is 11.3. The Hall–Kier alpha value is -2.88. The van der Waals surface area contributed by atoms with Gasteiger partial charge in [0.25, 0.3) is 0 Å². The summed E-state index contributed by atoms with van der Waals surface area (Å²) in [5, 5.41) is 12.5. The van der Waals surface area contributed by atoms with Gasteiger partial charge in [-0.05, 0) is 94.5 Å². The van der Waals surface area contributed by atoms with Crippen molar-refractivity contribution in [1.82, 2.24) is 0 Å². The number of aromatic hydroxyl groups is 1. The molecule has 0 bridgehead atoms. The lowest BCUT2D eigenvalue weighted by molar-refractivity contribution is -0.0373. The summed E-state index contributed by atoms with van der Waals surface area (Å²) in [6.45, 7) is 12.9. The lowest BCUT2D eigenvalue weighted by Crippen LogP contribution is -2.49. The molecule has 0 radical (unpaired) electrons. The van der Waals surface area contributed by atoms with Crippen molar-refractivity contribution in [3.05, 3.63) is 63.4 Å². The number of furan rings is 1. The minimum absolute atomic E-state index is 0.176. The molecule has 0 spiro atoms. The lowest BCUT2D eigenvalue weighted by atomic mass is 9.67. The van der Waals surface area contributed by atoms with Gasteiger partial charge < -0.3 is 19.0 Å². The van der Waals surface area contributed by atoms with E-state index in [1.165, 1.54) is 22.1 Å². The first-order chi connectivity index (χ1) is 16.3. The summed E-state index contributed by atoms with van der Waals surface area (Å²) in [4.78, 5) is 0. The van der Waals surface area contributed by atoms with Gasteiger partial charge in [-0.25, -0.2) is 0 Å². The maximum absolute atomic E-state index is 11.3. The van der Waals surface area contributed by atoms with Crippen molar-refractivity contribution >= 4 is 11.0 Å². The zero-order valence-electron chi connectivity index (χ0n) is 21.0. The lowest BCUT2D eigenvalue weighted by Gasteiger charge is -2.45. The van der Waals surface area contributed by atoms with Crippen LogP contribution in [0.3, 0.4) is 0 Å². The van der Waals surface area contributed by atoms with E-state index in [0.717, 1.165) is 59.3 Å². The number of benzene rings is 2. The summed E-state index contributed by atoms with van der Waals surface area (Å²) < 4.78 is 19.7. The number of rotatable bonds is 3. The molecule has 1 aliphatic carbocycles. The van der Waals surface area contributed by atoms with Crippen LogP contribution in [-0.4, -0.2) is 11.2 Å². The Morgan fingerprint density at radius 1 is 1.12 bits per heavy atom. The van der Waals surface area contributed by atoms with Gasteiger partial charge in [0.15, 0.2) is 28.4 Å². The largest absolute Gasteiger partial charge is 0.504 e. The molecule has 4 atom stereocenters. The van der Waals surface area contributed by atoms with E-state index in [-0.39, 0.29) is 17.8 Å². The van der Waals surface area contributed by atoms with E-state index >= 15 is 0 Å². The van der Waals surface area contributed by atoms with E-state index < -0.39 is 5.60 Å². The molecule has 4 nitrogen and oxygen atoms in total. The van der Waals surface area contributed by atoms with Crippen LogP contribution in [0.1, 0.15) is 90.8 Å². The van der Waals surface area contributed by atoms with E-state index in [2.05, 4.69) is 52.8 Å². The fourth-order valence-electron chi connectivity index (χ4n) is 6.99. The van der Waals surface area contributed by atoms with Crippen molar-refractivity contribution in [2.45, 2.75) is 90.8 Å². The fraction of sp³-hybridized carbons (Fsp3) is 0.467. The molecule has 2 aliphatic heterocycles. The van der Waals surface area contributed by atoms with Crippen molar-refractivity contribution in [2.75, 3.05) is 0 Å². The number of aryl methyl sites for hydroxylation is 3. The molecule has 3 aromatic rings. The van der Waals surface area contributed by atoms with Crippen molar-refractivity contribution in [1.29, 1.82) is 0 Å². The highest BCUT2D eigenvalue weighted by molar-refractivity contribution is 5.93. The highest BCUT2D eigenvalue weighted by Gasteiger charge is 2.58. The van der Waals surface area contributed by atoms with Crippen molar-refractivity contribution < 1.29 is 19.0 Å². The van der Waals surface area contributed by atoms with E-state index in [1.54, 1.807) is 0 Å². The Labute approximate surface area is 201 Å². The highest BCUT2D eigenvalue weighted by atomic mass is 16.6. The zero-order chi connectivity index (χ0) is 23.9. The molecule has 34 heavy (non-hydrogen) atoms. The first kappa shape index (κ1) is 21.6. The molecule has 0 unspecified atom stereocenters. The molecule has 0 saturated carbocycles. The summed E-state index contributed by atoms with van der Waals surface area (Å²) in [6.07, 6.45) is 9.70. The second-order valence-electron chi connectivity index (χ2n) is 10.7. The molecular weight excluding hydrogens is 424 g/mol. The van der Waals surface area contributed by atoms with Gasteiger partial charge in [-0.1, -0.05) is 19.1 Å². The Bertz CT molecular complexity index is 1360. The van der Waals surface area contributed by atoms with Crippen LogP contribution in [-0.2, 0) is 12.0 Å². The van der Waals surface area contributed by atoms with Gasteiger partial charge in [-0.15, -0.1) is 0 Å². The molecule has 3 heterocycles. The standard InChI is InChI=1S/C30H34O4/c1-7-8-9-10-19-16(3)13-21-26(25(19)31)33-29-20-12-11-15(2)22-18(5)23-17(4)14-32-27(23)28(24(20)22)34-30(21,29)6/h7-8,13-15,20,29,31H,9-12H2,1-6H3/t15-,20+,29+,30+/m0/s1. The number of hydrogen-bond acceptors (Lipinski definition) is 4. The Morgan fingerprint density at radius 2 is 1.91 bits per heavy atom. The maximum Gasteiger partial charge on any atom is 0.176 e. The molecule has 178 valence electrons. The summed E-state index contributed by atoms with van der Waals surface area (Å²) in [5.74, 6) is 2.43. The van der Waals surface area contributed by atoms with Crippen LogP contribution in [0.15, 0.2) is 28.9 Å². The van der Waals surface area contributed by atoms with Crippen LogP contribution < -0.4 is 9.47 Å². The fourth-order valence-corrected chi connectivity index (χ4v) is 6.99. The summed E-state index contributed by atoms with van der Waals surface area (Å²) in [5.41, 5.74) is 8.29. The average Bonchev–Trinajstić information content (AvgIpc) is 3.33. The van der Waals surface area contributed by atoms with Crippen molar-refractivity contribution in [2.24, 2.45) is 0 Å². The molecule has 0 amide bonds. The molecular formula is C30H34O4. The second kappa shape index (κ2) is 7.31.